The van der Waals surface area contributed by atoms with Gasteiger partial charge in [-0.1, -0.05) is 0 Å². The van der Waals surface area contributed by atoms with Gasteiger partial charge in [0.25, 0.3) is 5.91 Å². The largest absolute Gasteiger partial charge is 0.363 e. The van der Waals surface area contributed by atoms with Crippen molar-refractivity contribution < 1.29 is 9.18 Å². The zero-order chi connectivity index (χ0) is 13.5. The summed E-state index contributed by atoms with van der Waals surface area (Å²) in [4.78, 5) is 17.0. The van der Waals surface area contributed by atoms with E-state index in [4.69, 9.17) is 0 Å². The van der Waals surface area contributed by atoms with Gasteiger partial charge in [0, 0.05) is 39.0 Å². The van der Waals surface area contributed by atoms with Gasteiger partial charge in [0.2, 0.25) is 5.95 Å². The molecule has 0 spiro atoms. The second-order valence-electron chi connectivity index (χ2n) is 3.64. The number of pyridine rings is 1. The van der Waals surface area contributed by atoms with Crippen LogP contribution in [0.15, 0.2) is 30.4 Å². The zero-order valence-corrected chi connectivity index (χ0v) is 10.5. The van der Waals surface area contributed by atoms with Gasteiger partial charge in [0.1, 0.15) is 5.82 Å². The number of nitrogens with zero attached hydrogens (tertiary/aromatic N) is 2. The number of halogens is 1. The smallest absolute Gasteiger partial charge is 0.257 e. The quantitative estimate of drug-likeness (QED) is 0.510. The zero-order valence-electron chi connectivity index (χ0n) is 10.5. The average molecular weight is 253 g/mol. The topological polar surface area (TPSA) is 69.3 Å². The Morgan fingerprint density at radius 2 is 2.22 bits per heavy atom. The van der Waals surface area contributed by atoms with Crippen molar-refractivity contribution in [3.05, 3.63) is 41.9 Å². The third-order valence-corrected chi connectivity index (χ3v) is 2.07. The molecule has 1 heterocycles. The molecular formula is C11H16FN5O. The third-order valence-electron chi connectivity index (χ3n) is 2.07. The lowest BCUT2D eigenvalue weighted by atomic mass is 10.2. The fourth-order valence-corrected chi connectivity index (χ4v) is 1.15. The van der Waals surface area contributed by atoms with E-state index < -0.39 is 11.9 Å². The van der Waals surface area contributed by atoms with E-state index in [2.05, 4.69) is 21.2 Å². The van der Waals surface area contributed by atoms with Gasteiger partial charge in [-0.15, -0.1) is 0 Å². The van der Waals surface area contributed by atoms with Crippen LogP contribution >= 0.6 is 0 Å². The van der Waals surface area contributed by atoms with Gasteiger partial charge >= 0.3 is 0 Å². The summed E-state index contributed by atoms with van der Waals surface area (Å²) < 4.78 is 12.9. The van der Waals surface area contributed by atoms with Gasteiger partial charge in [-0.05, 0) is 6.07 Å². The molecule has 0 aliphatic rings. The van der Waals surface area contributed by atoms with Crippen molar-refractivity contribution in [2.75, 3.05) is 21.1 Å². The second kappa shape index (κ2) is 6.55. The Labute approximate surface area is 105 Å². The Hall–Kier alpha value is -2.15. The summed E-state index contributed by atoms with van der Waals surface area (Å²) in [6, 6.07) is 2.52. The van der Waals surface area contributed by atoms with Crippen molar-refractivity contribution in [3.8, 4) is 0 Å². The summed E-state index contributed by atoms with van der Waals surface area (Å²) >= 11 is 0. The second-order valence-corrected chi connectivity index (χ2v) is 3.64. The molecule has 0 radical (unpaired) electrons. The number of carbonyl (C=O) groups is 1. The van der Waals surface area contributed by atoms with Gasteiger partial charge in [0.05, 0.1) is 6.20 Å². The highest BCUT2D eigenvalue weighted by Crippen LogP contribution is 2.02. The number of aromatic nitrogens is 1. The molecule has 1 aromatic heterocycles. The first-order valence-corrected chi connectivity index (χ1v) is 5.27. The lowest BCUT2D eigenvalue weighted by molar-refractivity contribution is 0.0955. The van der Waals surface area contributed by atoms with Gasteiger partial charge in [-0.3, -0.25) is 4.79 Å². The maximum atomic E-state index is 12.9. The SMILES string of the molecule is CNN/C=C(/NC(=O)c1ccnc(F)c1)N(C)C. The highest BCUT2D eigenvalue weighted by atomic mass is 19.1. The highest BCUT2D eigenvalue weighted by Gasteiger charge is 2.10. The van der Waals surface area contributed by atoms with Crippen molar-refractivity contribution in [1.82, 2.24) is 26.1 Å². The van der Waals surface area contributed by atoms with E-state index in [0.717, 1.165) is 6.07 Å². The number of rotatable bonds is 5. The summed E-state index contributed by atoms with van der Waals surface area (Å²) in [5, 5.41) is 2.65. The Kier molecular flexibility index (Phi) is 5.06. The number of hydrogen-bond donors (Lipinski definition) is 3. The molecule has 0 aromatic carbocycles. The minimum absolute atomic E-state index is 0.208. The Bertz CT molecular complexity index is 447. The van der Waals surface area contributed by atoms with Crippen LogP contribution < -0.4 is 16.2 Å². The molecule has 0 aliphatic carbocycles. The molecule has 0 fully saturated rings. The molecule has 98 valence electrons. The Morgan fingerprint density at radius 3 is 2.78 bits per heavy atom. The molecule has 1 amide bonds. The first-order valence-electron chi connectivity index (χ1n) is 5.27. The van der Waals surface area contributed by atoms with Crippen LogP contribution in [0, 0.1) is 5.95 Å². The van der Waals surface area contributed by atoms with Gasteiger partial charge in [-0.2, -0.15) is 4.39 Å². The number of amides is 1. The summed E-state index contributed by atoms with van der Waals surface area (Å²) in [6.07, 6.45) is 2.82. The lowest BCUT2D eigenvalue weighted by Gasteiger charge is -2.18. The molecule has 18 heavy (non-hydrogen) atoms. The maximum Gasteiger partial charge on any atom is 0.257 e. The summed E-state index contributed by atoms with van der Waals surface area (Å²) in [6.45, 7) is 0. The fraction of sp³-hybridized carbons (Fsp3) is 0.273. The first kappa shape index (κ1) is 13.9. The highest BCUT2D eigenvalue weighted by molar-refractivity contribution is 5.95. The molecule has 0 bridgehead atoms. The number of hydrogen-bond acceptors (Lipinski definition) is 5. The molecule has 0 aliphatic heterocycles. The van der Waals surface area contributed by atoms with Crippen LogP contribution in [0.2, 0.25) is 0 Å². The van der Waals surface area contributed by atoms with Gasteiger partial charge in [0.15, 0.2) is 0 Å². The Balaban J connectivity index is 2.79. The van der Waals surface area contributed by atoms with Crippen molar-refractivity contribution in [3.63, 3.8) is 0 Å². The summed E-state index contributed by atoms with van der Waals surface area (Å²) in [7, 11) is 5.25. The first-order chi connectivity index (χ1) is 8.54. The van der Waals surface area contributed by atoms with Crippen molar-refractivity contribution in [1.29, 1.82) is 0 Å². The molecule has 7 heteroatoms. The number of nitrogens with one attached hydrogen (secondary N) is 3. The Morgan fingerprint density at radius 1 is 1.50 bits per heavy atom. The third kappa shape index (κ3) is 4.02. The molecule has 6 nitrogen and oxygen atoms in total. The maximum absolute atomic E-state index is 12.9. The predicted molar refractivity (Wildman–Crippen MR) is 65.6 cm³/mol. The fourth-order valence-electron chi connectivity index (χ4n) is 1.15. The molecule has 3 N–H and O–H groups in total. The van der Waals surface area contributed by atoms with Crippen LogP contribution in [0.5, 0.6) is 0 Å². The number of hydrazine groups is 1. The number of carbonyl (C=O) groups excluding carboxylic acids is 1. The van der Waals surface area contributed by atoms with Crippen molar-refractivity contribution in [2.45, 2.75) is 0 Å². The van der Waals surface area contributed by atoms with Crippen LogP contribution in [-0.2, 0) is 0 Å². The van der Waals surface area contributed by atoms with Crippen LogP contribution in [-0.4, -0.2) is 36.9 Å². The molecular weight excluding hydrogens is 237 g/mol. The minimum atomic E-state index is -0.689. The van der Waals surface area contributed by atoms with Crippen molar-refractivity contribution in [2.24, 2.45) is 0 Å². The van der Waals surface area contributed by atoms with Crippen LogP contribution in [0.3, 0.4) is 0 Å². The standard InChI is InChI=1S/C11H16FN5O/c1-13-15-7-10(17(2)3)16-11(18)8-4-5-14-9(12)6-8/h4-7,13,15H,1-3H3,(H,16,18)/b10-7-. The lowest BCUT2D eigenvalue weighted by Crippen LogP contribution is -2.34. The monoisotopic (exact) mass is 253 g/mol. The predicted octanol–water partition coefficient (Wildman–Crippen LogP) is 0.0350. The van der Waals surface area contributed by atoms with E-state index in [-0.39, 0.29) is 5.56 Å². The summed E-state index contributed by atoms with van der Waals surface area (Å²) in [5.41, 5.74) is 5.65. The minimum Gasteiger partial charge on any atom is -0.363 e. The van der Waals surface area contributed by atoms with Gasteiger partial charge < -0.3 is 15.6 Å². The van der Waals surface area contributed by atoms with E-state index in [1.165, 1.54) is 12.3 Å². The van der Waals surface area contributed by atoms with Crippen LogP contribution in [0.1, 0.15) is 10.4 Å². The molecule has 0 unspecified atom stereocenters. The van der Waals surface area contributed by atoms with E-state index in [1.54, 1.807) is 32.2 Å². The van der Waals surface area contributed by atoms with E-state index in [9.17, 15) is 9.18 Å². The van der Waals surface area contributed by atoms with E-state index >= 15 is 0 Å². The van der Waals surface area contributed by atoms with Gasteiger partial charge in [-0.25, -0.2) is 10.4 Å². The van der Waals surface area contributed by atoms with Crippen LogP contribution in [0.4, 0.5) is 4.39 Å². The normalized spacial score (nSPS) is 11.0. The molecule has 1 rings (SSSR count). The molecule has 0 saturated carbocycles. The van der Waals surface area contributed by atoms with Crippen molar-refractivity contribution >= 4 is 5.91 Å². The summed E-state index contributed by atoms with van der Waals surface area (Å²) in [5.74, 6) is -0.563. The molecule has 1 aromatic rings. The van der Waals surface area contributed by atoms with E-state index in [1.807, 2.05) is 0 Å². The molecule has 0 saturated heterocycles. The average Bonchev–Trinajstić information content (AvgIpc) is 2.33. The van der Waals surface area contributed by atoms with E-state index in [0.29, 0.717) is 5.82 Å². The molecule has 0 atom stereocenters. The van der Waals surface area contributed by atoms with Crippen LogP contribution in [0.25, 0.3) is 0 Å².